The number of carbonyl (C=O) groups is 1. The van der Waals surface area contributed by atoms with Gasteiger partial charge in [-0.1, -0.05) is 6.07 Å². The van der Waals surface area contributed by atoms with Gasteiger partial charge in [0.1, 0.15) is 12.7 Å². The maximum absolute atomic E-state index is 12.7. The molecule has 0 aromatic carbocycles. The van der Waals surface area contributed by atoms with Gasteiger partial charge in [0, 0.05) is 13.1 Å². The third kappa shape index (κ3) is 2.65. The van der Waals surface area contributed by atoms with Gasteiger partial charge in [0.15, 0.2) is 17.8 Å². The molecule has 1 fully saturated rings. The molecule has 0 unspecified atom stereocenters. The molecule has 0 spiro atoms. The molecule has 7 nitrogen and oxygen atoms in total. The molecule has 0 atom stereocenters. The van der Waals surface area contributed by atoms with E-state index in [0.29, 0.717) is 30.6 Å². The summed E-state index contributed by atoms with van der Waals surface area (Å²) in [5, 5.41) is 6.14. The number of rotatable bonds is 3. The van der Waals surface area contributed by atoms with Crippen LogP contribution < -0.4 is 0 Å². The van der Waals surface area contributed by atoms with E-state index in [1.165, 1.54) is 17.7 Å². The van der Waals surface area contributed by atoms with Gasteiger partial charge in [0.25, 0.3) is 5.91 Å². The highest BCUT2D eigenvalue weighted by atomic mass is 32.1. The van der Waals surface area contributed by atoms with Gasteiger partial charge in [-0.25, -0.2) is 14.6 Å². The molecule has 1 saturated heterocycles. The lowest BCUT2D eigenvalue weighted by Crippen LogP contribution is -2.39. The summed E-state index contributed by atoms with van der Waals surface area (Å²) in [6.07, 6.45) is 6.34. The van der Waals surface area contributed by atoms with Gasteiger partial charge >= 0.3 is 0 Å². The maximum Gasteiger partial charge on any atom is 0.276 e. The van der Waals surface area contributed by atoms with Crippen molar-refractivity contribution in [3.63, 3.8) is 0 Å². The molecule has 1 amide bonds. The molecular formula is C15H15N5O2S. The van der Waals surface area contributed by atoms with E-state index in [4.69, 9.17) is 4.42 Å². The van der Waals surface area contributed by atoms with Crippen LogP contribution in [0.3, 0.4) is 0 Å². The quantitative estimate of drug-likeness (QED) is 0.738. The molecule has 0 bridgehead atoms. The van der Waals surface area contributed by atoms with E-state index in [1.54, 1.807) is 12.7 Å². The monoisotopic (exact) mass is 329 g/mol. The van der Waals surface area contributed by atoms with Crippen LogP contribution in [-0.2, 0) is 0 Å². The SMILES string of the molecule is O=C(c1ncoc1-c1cccs1)N1CCC(n2cncn2)CC1. The predicted molar refractivity (Wildman–Crippen MR) is 84.0 cm³/mol. The molecule has 118 valence electrons. The van der Waals surface area contributed by atoms with Crippen molar-refractivity contribution in [1.29, 1.82) is 0 Å². The summed E-state index contributed by atoms with van der Waals surface area (Å²) in [4.78, 5) is 23.6. The van der Waals surface area contributed by atoms with Crippen molar-refractivity contribution < 1.29 is 9.21 Å². The van der Waals surface area contributed by atoms with Crippen molar-refractivity contribution >= 4 is 17.2 Å². The highest BCUT2D eigenvalue weighted by molar-refractivity contribution is 7.13. The Balaban J connectivity index is 1.48. The number of amides is 1. The lowest BCUT2D eigenvalue weighted by molar-refractivity contribution is 0.0685. The van der Waals surface area contributed by atoms with Crippen molar-refractivity contribution in [2.24, 2.45) is 0 Å². The average molecular weight is 329 g/mol. The minimum atomic E-state index is -0.0702. The summed E-state index contributed by atoms with van der Waals surface area (Å²) in [5.74, 6) is 0.489. The highest BCUT2D eigenvalue weighted by Gasteiger charge is 2.28. The molecule has 3 aromatic heterocycles. The van der Waals surface area contributed by atoms with E-state index in [1.807, 2.05) is 27.1 Å². The Morgan fingerprint density at radius 1 is 1.35 bits per heavy atom. The molecule has 1 aliphatic rings. The predicted octanol–water partition coefficient (Wildman–Crippen LogP) is 2.47. The molecular weight excluding hydrogens is 314 g/mol. The van der Waals surface area contributed by atoms with E-state index in [0.717, 1.165) is 17.7 Å². The van der Waals surface area contributed by atoms with Crippen LogP contribution in [-0.4, -0.2) is 43.6 Å². The van der Waals surface area contributed by atoms with Crippen molar-refractivity contribution in [1.82, 2.24) is 24.6 Å². The zero-order valence-electron chi connectivity index (χ0n) is 12.3. The van der Waals surface area contributed by atoms with Crippen molar-refractivity contribution in [2.45, 2.75) is 18.9 Å². The Kier molecular flexibility index (Phi) is 3.66. The number of piperidine rings is 1. The molecule has 0 aliphatic carbocycles. The third-order valence-corrected chi connectivity index (χ3v) is 4.95. The first kappa shape index (κ1) is 14.1. The minimum absolute atomic E-state index is 0.0702. The largest absolute Gasteiger partial charge is 0.442 e. The normalized spacial score (nSPS) is 15.9. The van der Waals surface area contributed by atoms with Gasteiger partial charge in [-0.05, 0) is 24.3 Å². The summed E-state index contributed by atoms with van der Waals surface area (Å²) < 4.78 is 7.30. The number of nitrogens with zero attached hydrogens (tertiary/aromatic N) is 5. The summed E-state index contributed by atoms with van der Waals surface area (Å²) in [6.45, 7) is 1.36. The molecule has 23 heavy (non-hydrogen) atoms. The number of aromatic nitrogens is 4. The fourth-order valence-corrected chi connectivity index (χ4v) is 3.58. The van der Waals surface area contributed by atoms with Gasteiger partial charge < -0.3 is 9.32 Å². The molecule has 0 saturated carbocycles. The topological polar surface area (TPSA) is 77.0 Å². The van der Waals surface area contributed by atoms with Gasteiger partial charge in [-0.3, -0.25) is 4.79 Å². The second kappa shape index (κ2) is 5.96. The van der Waals surface area contributed by atoms with Crippen molar-refractivity contribution in [3.05, 3.63) is 42.3 Å². The Morgan fingerprint density at radius 2 is 2.22 bits per heavy atom. The Morgan fingerprint density at radius 3 is 2.91 bits per heavy atom. The van der Waals surface area contributed by atoms with Crippen LogP contribution in [0.25, 0.3) is 10.6 Å². The number of hydrogen-bond donors (Lipinski definition) is 0. The first-order valence-electron chi connectivity index (χ1n) is 7.43. The van der Waals surface area contributed by atoms with E-state index in [-0.39, 0.29) is 5.91 Å². The minimum Gasteiger partial charge on any atom is -0.442 e. The van der Waals surface area contributed by atoms with Gasteiger partial charge in [-0.15, -0.1) is 11.3 Å². The maximum atomic E-state index is 12.7. The van der Waals surface area contributed by atoms with Gasteiger partial charge in [-0.2, -0.15) is 5.10 Å². The van der Waals surface area contributed by atoms with Crippen LogP contribution in [0.5, 0.6) is 0 Å². The van der Waals surface area contributed by atoms with Crippen LogP contribution in [0.4, 0.5) is 0 Å². The van der Waals surface area contributed by atoms with E-state index < -0.39 is 0 Å². The standard InChI is InChI=1S/C15H15N5O2S/c21-15(13-14(22-10-17-13)12-2-1-7-23-12)19-5-3-11(4-6-19)20-9-16-8-18-20/h1-2,7-11H,3-6H2. The summed E-state index contributed by atoms with van der Waals surface area (Å²) in [6, 6.07) is 4.16. The first-order valence-corrected chi connectivity index (χ1v) is 8.31. The van der Waals surface area contributed by atoms with E-state index in [9.17, 15) is 4.79 Å². The first-order chi connectivity index (χ1) is 11.3. The fraction of sp³-hybridized carbons (Fsp3) is 0.333. The zero-order valence-corrected chi connectivity index (χ0v) is 13.1. The molecule has 1 aliphatic heterocycles. The van der Waals surface area contributed by atoms with Crippen LogP contribution >= 0.6 is 11.3 Å². The smallest absolute Gasteiger partial charge is 0.276 e. The third-order valence-electron chi connectivity index (χ3n) is 4.08. The Hall–Kier alpha value is -2.48. The second-order valence-corrected chi connectivity index (χ2v) is 6.35. The van der Waals surface area contributed by atoms with Crippen LogP contribution in [0, 0.1) is 0 Å². The zero-order chi connectivity index (χ0) is 15.6. The molecule has 0 N–H and O–H groups in total. The molecule has 8 heteroatoms. The molecule has 4 rings (SSSR count). The summed E-state index contributed by atoms with van der Waals surface area (Å²) in [7, 11) is 0. The number of thiophene rings is 1. The number of likely N-dealkylation sites (tertiary alicyclic amines) is 1. The second-order valence-electron chi connectivity index (χ2n) is 5.41. The highest BCUT2D eigenvalue weighted by Crippen LogP contribution is 2.29. The Labute approximate surface area is 136 Å². The van der Waals surface area contributed by atoms with E-state index in [2.05, 4.69) is 15.1 Å². The number of oxazole rings is 1. The Bertz CT molecular complexity index is 773. The van der Waals surface area contributed by atoms with Gasteiger partial charge in [0.05, 0.1) is 10.9 Å². The molecule has 0 radical (unpaired) electrons. The lowest BCUT2D eigenvalue weighted by atomic mass is 10.0. The van der Waals surface area contributed by atoms with Gasteiger partial charge in [0.2, 0.25) is 0 Å². The average Bonchev–Trinajstić information content (AvgIpc) is 3.35. The van der Waals surface area contributed by atoms with E-state index >= 15 is 0 Å². The number of hydrogen-bond acceptors (Lipinski definition) is 6. The fourth-order valence-electron chi connectivity index (χ4n) is 2.87. The van der Waals surface area contributed by atoms with Crippen molar-refractivity contribution in [3.8, 4) is 10.6 Å². The number of carbonyl (C=O) groups excluding carboxylic acids is 1. The van der Waals surface area contributed by atoms with Crippen LogP contribution in [0.2, 0.25) is 0 Å². The summed E-state index contributed by atoms with van der Waals surface area (Å²) >= 11 is 1.53. The van der Waals surface area contributed by atoms with Crippen LogP contribution in [0.15, 0.2) is 41.0 Å². The summed E-state index contributed by atoms with van der Waals surface area (Å²) in [5.41, 5.74) is 0.395. The molecule has 4 heterocycles. The van der Waals surface area contributed by atoms with Crippen molar-refractivity contribution in [2.75, 3.05) is 13.1 Å². The van der Waals surface area contributed by atoms with Crippen LogP contribution in [0.1, 0.15) is 29.4 Å². The lowest BCUT2D eigenvalue weighted by Gasteiger charge is -2.31. The molecule has 3 aromatic rings.